The van der Waals surface area contributed by atoms with E-state index in [1.807, 2.05) is 44.2 Å². The third-order valence-electron chi connectivity index (χ3n) is 3.87. The number of benzene rings is 2. The molecule has 20 heavy (non-hydrogen) atoms. The van der Waals surface area contributed by atoms with Crippen LogP contribution in [0, 0.1) is 11.9 Å². The predicted octanol–water partition coefficient (Wildman–Crippen LogP) is 4.62. The molecule has 2 aromatic carbocycles. The molecule has 0 aromatic heterocycles. The lowest BCUT2D eigenvalue weighted by atomic mass is 9.84. The zero-order chi connectivity index (χ0) is 14.3. The Morgan fingerprint density at radius 3 is 2.50 bits per heavy atom. The van der Waals surface area contributed by atoms with Gasteiger partial charge in [0.05, 0.1) is 0 Å². The Balaban J connectivity index is 2.26. The van der Waals surface area contributed by atoms with Crippen molar-refractivity contribution in [3.8, 4) is 5.75 Å². The minimum atomic E-state index is -0.383. The van der Waals surface area contributed by atoms with E-state index in [-0.39, 0.29) is 11.4 Å². The van der Waals surface area contributed by atoms with Gasteiger partial charge in [0, 0.05) is 5.56 Å². The Hall–Kier alpha value is -2.09. The lowest BCUT2D eigenvalue weighted by molar-refractivity contribution is 0.144. The van der Waals surface area contributed by atoms with Crippen LogP contribution in [0.1, 0.15) is 31.9 Å². The van der Waals surface area contributed by atoms with Crippen molar-refractivity contribution >= 4 is 5.57 Å². The van der Waals surface area contributed by atoms with Crippen molar-refractivity contribution in [1.82, 2.24) is 0 Å². The van der Waals surface area contributed by atoms with Gasteiger partial charge in [-0.2, -0.15) is 0 Å². The Kier molecular flexibility index (Phi) is 2.89. The molecule has 0 saturated carbocycles. The van der Waals surface area contributed by atoms with Gasteiger partial charge in [-0.1, -0.05) is 24.3 Å². The van der Waals surface area contributed by atoms with E-state index in [0.717, 1.165) is 28.0 Å². The number of fused-ring (bicyclic) bond motifs is 1. The summed E-state index contributed by atoms with van der Waals surface area (Å²) in [6.07, 6.45) is 0. The van der Waals surface area contributed by atoms with Gasteiger partial charge in [-0.15, -0.1) is 0 Å². The van der Waals surface area contributed by atoms with E-state index in [1.165, 1.54) is 12.1 Å². The molecule has 0 N–H and O–H groups in total. The average molecular weight is 267 g/mol. The van der Waals surface area contributed by atoms with Crippen LogP contribution in [0.4, 0.5) is 4.39 Å². The molecule has 0 fully saturated rings. The molecular formula is C18H16FO. The largest absolute Gasteiger partial charge is 0.483 e. The van der Waals surface area contributed by atoms with Crippen LogP contribution in [-0.2, 0) is 0 Å². The topological polar surface area (TPSA) is 9.23 Å². The van der Waals surface area contributed by atoms with Crippen LogP contribution in [0.15, 0.2) is 48.0 Å². The highest BCUT2D eigenvalue weighted by Crippen LogP contribution is 2.43. The molecule has 1 aliphatic rings. The molecule has 0 aliphatic carbocycles. The molecule has 0 unspecified atom stereocenters. The van der Waals surface area contributed by atoms with Crippen molar-refractivity contribution < 1.29 is 9.13 Å². The lowest BCUT2D eigenvalue weighted by Crippen LogP contribution is -2.33. The summed E-state index contributed by atoms with van der Waals surface area (Å²) in [6, 6.07) is 15.4. The van der Waals surface area contributed by atoms with Gasteiger partial charge in [0.2, 0.25) is 0 Å². The third kappa shape index (κ3) is 2.01. The standard InChI is InChI=1S/C18H16FO/c1-12-17(13-8-10-14(19)11-9-13)15-6-4-5-7-16(15)20-18(12,2)3/h4,6-11H,1-3H3. The third-order valence-corrected chi connectivity index (χ3v) is 3.87. The highest BCUT2D eigenvalue weighted by molar-refractivity contribution is 5.86. The van der Waals surface area contributed by atoms with Crippen molar-refractivity contribution in [2.45, 2.75) is 26.4 Å². The molecule has 2 heteroatoms. The lowest BCUT2D eigenvalue weighted by Gasteiger charge is -2.35. The van der Waals surface area contributed by atoms with Crippen LogP contribution < -0.4 is 4.74 Å². The minimum absolute atomic E-state index is 0.222. The second kappa shape index (κ2) is 4.48. The molecule has 101 valence electrons. The first-order valence-corrected chi connectivity index (χ1v) is 6.66. The summed E-state index contributed by atoms with van der Waals surface area (Å²) in [5.41, 5.74) is 3.92. The molecule has 1 radical (unpaired) electrons. The van der Waals surface area contributed by atoms with E-state index in [9.17, 15) is 4.39 Å². The molecule has 0 bridgehead atoms. The van der Waals surface area contributed by atoms with Crippen LogP contribution in [0.2, 0.25) is 0 Å². The molecule has 0 amide bonds. The number of hydrogen-bond acceptors (Lipinski definition) is 1. The molecule has 1 nitrogen and oxygen atoms in total. The molecule has 2 aromatic rings. The molecule has 0 saturated heterocycles. The van der Waals surface area contributed by atoms with Gasteiger partial charge in [-0.05, 0) is 61.7 Å². The highest BCUT2D eigenvalue weighted by Gasteiger charge is 2.32. The number of halogens is 1. The molecule has 0 spiro atoms. The maximum absolute atomic E-state index is 13.2. The summed E-state index contributed by atoms with van der Waals surface area (Å²) in [5, 5.41) is 0. The normalized spacial score (nSPS) is 16.6. The van der Waals surface area contributed by atoms with E-state index in [1.54, 1.807) is 0 Å². The zero-order valence-corrected chi connectivity index (χ0v) is 11.8. The summed E-state index contributed by atoms with van der Waals surface area (Å²) in [5.74, 6) is 0.599. The van der Waals surface area contributed by atoms with Gasteiger partial charge >= 0.3 is 0 Å². The summed E-state index contributed by atoms with van der Waals surface area (Å²) < 4.78 is 19.2. The smallest absolute Gasteiger partial charge is 0.129 e. The monoisotopic (exact) mass is 267 g/mol. The maximum atomic E-state index is 13.2. The van der Waals surface area contributed by atoms with Crippen LogP contribution >= 0.6 is 0 Å². The fourth-order valence-electron chi connectivity index (χ4n) is 2.55. The van der Waals surface area contributed by atoms with E-state index in [2.05, 4.69) is 13.0 Å². The quantitative estimate of drug-likeness (QED) is 0.732. The first kappa shape index (κ1) is 12.9. The Bertz CT molecular complexity index is 681. The molecule has 0 atom stereocenters. The molecule has 3 rings (SSSR count). The van der Waals surface area contributed by atoms with Crippen LogP contribution in [-0.4, -0.2) is 5.60 Å². The van der Waals surface area contributed by atoms with Crippen LogP contribution in [0.25, 0.3) is 5.57 Å². The van der Waals surface area contributed by atoms with Gasteiger partial charge in [-0.25, -0.2) is 4.39 Å². The van der Waals surface area contributed by atoms with Crippen molar-refractivity contribution in [1.29, 1.82) is 0 Å². The van der Waals surface area contributed by atoms with Crippen molar-refractivity contribution in [2.24, 2.45) is 0 Å². The van der Waals surface area contributed by atoms with Gasteiger partial charge in [0.25, 0.3) is 0 Å². The van der Waals surface area contributed by atoms with Crippen LogP contribution in [0.3, 0.4) is 0 Å². The van der Waals surface area contributed by atoms with Gasteiger partial charge in [-0.3, -0.25) is 0 Å². The van der Waals surface area contributed by atoms with E-state index in [4.69, 9.17) is 4.74 Å². The maximum Gasteiger partial charge on any atom is 0.129 e. The number of hydrogen-bond donors (Lipinski definition) is 0. The number of rotatable bonds is 1. The Morgan fingerprint density at radius 2 is 1.80 bits per heavy atom. The van der Waals surface area contributed by atoms with Gasteiger partial charge in [0.1, 0.15) is 17.2 Å². The fraction of sp³-hybridized carbons (Fsp3) is 0.222. The van der Waals surface area contributed by atoms with E-state index < -0.39 is 0 Å². The zero-order valence-electron chi connectivity index (χ0n) is 11.8. The molecular weight excluding hydrogens is 251 g/mol. The summed E-state index contributed by atoms with van der Waals surface area (Å²) >= 11 is 0. The van der Waals surface area contributed by atoms with Crippen LogP contribution in [0.5, 0.6) is 5.75 Å². The predicted molar refractivity (Wildman–Crippen MR) is 78.1 cm³/mol. The summed E-state index contributed by atoms with van der Waals surface area (Å²) in [4.78, 5) is 0. The Labute approximate surface area is 118 Å². The second-order valence-electron chi connectivity index (χ2n) is 5.54. The van der Waals surface area contributed by atoms with Gasteiger partial charge < -0.3 is 4.74 Å². The fourth-order valence-corrected chi connectivity index (χ4v) is 2.55. The summed E-state index contributed by atoms with van der Waals surface area (Å²) in [6.45, 7) is 6.15. The molecule has 1 heterocycles. The Morgan fingerprint density at radius 1 is 1.10 bits per heavy atom. The van der Waals surface area contributed by atoms with Crippen molar-refractivity contribution in [2.75, 3.05) is 0 Å². The van der Waals surface area contributed by atoms with E-state index >= 15 is 0 Å². The second-order valence-corrected chi connectivity index (χ2v) is 5.54. The van der Waals surface area contributed by atoms with Crippen molar-refractivity contribution in [3.63, 3.8) is 0 Å². The first-order chi connectivity index (χ1) is 9.49. The summed E-state index contributed by atoms with van der Waals surface area (Å²) in [7, 11) is 0. The molecule has 1 aliphatic heterocycles. The van der Waals surface area contributed by atoms with Gasteiger partial charge in [0.15, 0.2) is 0 Å². The van der Waals surface area contributed by atoms with Crippen molar-refractivity contribution in [3.05, 3.63) is 71.0 Å². The SMILES string of the molecule is CC1=C(c2ccc(F)cc2)c2cc[c]cc2OC1(C)C. The van der Waals surface area contributed by atoms with E-state index in [0.29, 0.717) is 0 Å². The highest BCUT2D eigenvalue weighted by atomic mass is 19.1. The first-order valence-electron chi connectivity index (χ1n) is 6.66. The minimum Gasteiger partial charge on any atom is -0.483 e. The average Bonchev–Trinajstić information content (AvgIpc) is 2.41. The number of ether oxygens (including phenoxy) is 1.